The van der Waals surface area contributed by atoms with Gasteiger partial charge in [0.15, 0.2) is 5.60 Å². The number of nitrogens with one attached hydrogen (secondary N) is 1. The van der Waals surface area contributed by atoms with Gasteiger partial charge in [0.25, 0.3) is 0 Å². The number of rotatable bonds is 4. The Balaban J connectivity index is 1.75. The monoisotopic (exact) mass is 435 g/mol. The number of aromatic amines is 1. The summed E-state index contributed by atoms with van der Waals surface area (Å²) in [7, 11) is 0. The minimum atomic E-state index is -1.15. The van der Waals surface area contributed by atoms with Gasteiger partial charge < -0.3 is 14.4 Å². The Kier molecular flexibility index (Phi) is 4.82. The van der Waals surface area contributed by atoms with Gasteiger partial charge >= 0.3 is 5.97 Å². The fourth-order valence-corrected chi connectivity index (χ4v) is 4.92. The van der Waals surface area contributed by atoms with Crippen LogP contribution in [0.2, 0.25) is 0 Å². The Labute approximate surface area is 185 Å². The third-order valence-corrected chi connectivity index (χ3v) is 6.67. The fraction of sp³-hybridized carbons (Fsp3) is 0.360. The van der Waals surface area contributed by atoms with E-state index in [0.717, 1.165) is 33.2 Å². The molecule has 2 N–H and O–H groups in total. The van der Waals surface area contributed by atoms with Crippen LogP contribution in [0.1, 0.15) is 56.7 Å². The van der Waals surface area contributed by atoms with Crippen LogP contribution >= 0.6 is 0 Å². The smallest absolute Gasteiger partial charge is 0.335 e. The van der Waals surface area contributed by atoms with Crippen LogP contribution < -0.4 is 0 Å². The third-order valence-electron chi connectivity index (χ3n) is 6.67. The summed E-state index contributed by atoms with van der Waals surface area (Å²) in [6, 6.07) is 10.8. The molecule has 7 heteroatoms. The summed E-state index contributed by atoms with van der Waals surface area (Å²) in [4.78, 5) is 11.7. The average Bonchev–Trinajstić information content (AvgIpc) is 3.35. The van der Waals surface area contributed by atoms with Crippen LogP contribution in [0, 0.1) is 5.82 Å². The van der Waals surface area contributed by atoms with Gasteiger partial charge in [-0.2, -0.15) is 5.10 Å². The minimum absolute atomic E-state index is 0.0596. The molecule has 0 unspecified atom stereocenters. The highest BCUT2D eigenvalue weighted by Crippen LogP contribution is 2.44. The number of halogens is 1. The molecule has 1 aliphatic heterocycles. The number of H-pyrrole nitrogens is 1. The number of aromatic nitrogens is 3. The second-order valence-corrected chi connectivity index (χ2v) is 9.17. The molecule has 2 aromatic carbocycles. The number of carboxylic acids is 1. The lowest BCUT2D eigenvalue weighted by Crippen LogP contribution is -2.43. The van der Waals surface area contributed by atoms with Crippen LogP contribution in [0.15, 0.2) is 42.6 Å². The van der Waals surface area contributed by atoms with Crippen molar-refractivity contribution in [2.75, 3.05) is 6.61 Å². The van der Waals surface area contributed by atoms with Gasteiger partial charge in [0.2, 0.25) is 0 Å². The predicted octanol–water partition coefficient (Wildman–Crippen LogP) is 5.51. The molecule has 32 heavy (non-hydrogen) atoms. The number of nitrogens with zero attached hydrogens (tertiary/aromatic N) is 2. The Morgan fingerprint density at radius 2 is 2.06 bits per heavy atom. The van der Waals surface area contributed by atoms with Crippen molar-refractivity contribution >= 4 is 27.8 Å². The first kappa shape index (κ1) is 20.7. The van der Waals surface area contributed by atoms with Crippen LogP contribution in [-0.2, 0) is 9.53 Å². The lowest BCUT2D eigenvalue weighted by atomic mass is 9.83. The van der Waals surface area contributed by atoms with E-state index < -0.39 is 11.6 Å². The summed E-state index contributed by atoms with van der Waals surface area (Å²) in [6.07, 6.45) is 2.96. The van der Waals surface area contributed by atoms with Crippen LogP contribution in [0.5, 0.6) is 0 Å². The van der Waals surface area contributed by atoms with Gasteiger partial charge in [-0.15, -0.1) is 0 Å². The second kappa shape index (κ2) is 7.45. The van der Waals surface area contributed by atoms with Crippen LogP contribution in [0.3, 0.4) is 0 Å². The van der Waals surface area contributed by atoms with E-state index in [9.17, 15) is 14.3 Å². The highest BCUT2D eigenvalue weighted by atomic mass is 19.1. The number of benzene rings is 2. The molecule has 0 bridgehead atoms. The number of hydrogen-bond acceptors (Lipinski definition) is 3. The molecule has 1 aliphatic rings. The van der Waals surface area contributed by atoms with E-state index in [0.29, 0.717) is 19.4 Å². The average molecular weight is 435 g/mol. The zero-order valence-electron chi connectivity index (χ0n) is 18.4. The van der Waals surface area contributed by atoms with Crippen molar-refractivity contribution in [3.63, 3.8) is 0 Å². The molecule has 2 aromatic heterocycles. The molecule has 1 fully saturated rings. The highest BCUT2D eigenvalue weighted by molar-refractivity contribution is 5.99. The first-order chi connectivity index (χ1) is 15.3. The topological polar surface area (TPSA) is 80.1 Å². The summed E-state index contributed by atoms with van der Waals surface area (Å²) in [5.74, 6) is -0.952. The van der Waals surface area contributed by atoms with Gasteiger partial charge in [0.1, 0.15) is 5.82 Å². The molecule has 0 radical (unpaired) electrons. The van der Waals surface area contributed by atoms with E-state index in [-0.39, 0.29) is 17.7 Å². The maximum atomic E-state index is 13.7. The van der Waals surface area contributed by atoms with Crippen molar-refractivity contribution in [3.8, 4) is 5.69 Å². The molecule has 0 aliphatic carbocycles. The number of aliphatic carboxylic acids is 1. The standard InChI is InChI=1S/C25H26FN3O3/c1-14(2)23-22(15-8-9-25(3,24(30)31)32-13-15)19-11-20-16(12-27-28-20)10-21(19)29(23)18-6-4-17(26)5-7-18/h4-7,10-12,14-15H,8-9,13H2,1-3H3,(H,27,28)(H,30,31)/t15-,25+/m1/s1. The molecule has 1 saturated heterocycles. The van der Waals surface area contributed by atoms with Crippen LogP contribution in [0.4, 0.5) is 4.39 Å². The maximum Gasteiger partial charge on any atom is 0.335 e. The summed E-state index contributed by atoms with van der Waals surface area (Å²) in [5.41, 5.74) is 4.01. The predicted molar refractivity (Wildman–Crippen MR) is 121 cm³/mol. The largest absolute Gasteiger partial charge is 0.479 e. The van der Waals surface area contributed by atoms with E-state index in [1.165, 1.54) is 17.7 Å². The van der Waals surface area contributed by atoms with Crippen molar-refractivity contribution in [2.45, 2.75) is 51.0 Å². The van der Waals surface area contributed by atoms with Crippen molar-refractivity contribution < 1.29 is 19.0 Å². The summed E-state index contributed by atoms with van der Waals surface area (Å²) in [6.45, 7) is 6.28. The Hall–Kier alpha value is -3.19. The molecule has 4 aromatic rings. The Morgan fingerprint density at radius 1 is 1.31 bits per heavy atom. The molecule has 0 saturated carbocycles. The summed E-state index contributed by atoms with van der Waals surface area (Å²) >= 11 is 0. The van der Waals surface area contributed by atoms with Gasteiger partial charge in [-0.3, -0.25) is 5.10 Å². The molecule has 166 valence electrons. The van der Waals surface area contributed by atoms with Crippen LogP contribution in [-0.4, -0.2) is 38.0 Å². The van der Waals surface area contributed by atoms with Crippen molar-refractivity contribution in [3.05, 3.63) is 59.7 Å². The van der Waals surface area contributed by atoms with Gasteiger partial charge in [-0.05, 0) is 67.6 Å². The number of carboxylic acid groups (broad SMARTS) is 1. The molecular weight excluding hydrogens is 409 g/mol. The third kappa shape index (κ3) is 3.19. The molecule has 5 rings (SSSR count). The lowest BCUT2D eigenvalue weighted by Gasteiger charge is -2.35. The zero-order valence-corrected chi connectivity index (χ0v) is 18.4. The first-order valence-corrected chi connectivity index (χ1v) is 10.9. The number of ether oxygens (including phenoxy) is 1. The van der Waals surface area contributed by atoms with Gasteiger partial charge in [-0.1, -0.05) is 13.8 Å². The molecule has 2 atom stereocenters. The van der Waals surface area contributed by atoms with Gasteiger partial charge in [0.05, 0.1) is 23.8 Å². The number of fused-ring (bicyclic) bond motifs is 2. The Bertz CT molecular complexity index is 1310. The lowest BCUT2D eigenvalue weighted by molar-refractivity contribution is -0.170. The molecule has 3 heterocycles. The van der Waals surface area contributed by atoms with Crippen molar-refractivity contribution in [1.29, 1.82) is 0 Å². The van der Waals surface area contributed by atoms with Crippen molar-refractivity contribution in [1.82, 2.24) is 14.8 Å². The molecule has 0 amide bonds. The second-order valence-electron chi connectivity index (χ2n) is 9.17. The molecule has 6 nitrogen and oxygen atoms in total. The quantitative estimate of drug-likeness (QED) is 0.443. The molecule has 0 spiro atoms. The van der Waals surface area contributed by atoms with E-state index in [1.54, 1.807) is 25.3 Å². The number of carbonyl (C=O) groups is 1. The number of hydrogen-bond donors (Lipinski definition) is 2. The van der Waals surface area contributed by atoms with E-state index in [1.807, 2.05) is 0 Å². The zero-order chi connectivity index (χ0) is 22.6. The maximum absolute atomic E-state index is 13.7. The fourth-order valence-electron chi connectivity index (χ4n) is 4.92. The highest BCUT2D eigenvalue weighted by Gasteiger charge is 2.40. The summed E-state index contributed by atoms with van der Waals surface area (Å²) in [5, 5.41) is 18.9. The molecular formula is C25H26FN3O3. The van der Waals surface area contributed by atoms with E-state index in [2.05, 4.69) is 40.7 Å². The Morgan fingerprint density at radius 3 is 2.69 bits per heavy atom. The normalized spacial score (nSPS) is 21.6. The van der Waals surface area contributed by atoms with Crippen molar-refractivity contribution in [2.24, 2.45) is 0 Å². The summed E-state index contributed by atoms with van der Waals surface area (Å²) < 4.78 is 21.8. The van der Waals surface area contributed by atoms with E-state index in [4.69, 9.17) is 4.74 Å². The minimum Gasteiger partial charge on any atom is -0.479 e. The van der Waals surface area contributed by atoms with Gasteiger partial charge in [0, 0.05) is 28.1 Å². The van der Waals surface area contributed by atoms with E-state index >= 15 is 0 Å². The van der Waals surface area contributed by atoms with Gasteiger partial charge in [-0.25, -0.2) is 9.18 Å². The first-order valence-electron chi connectivity index (χ1n) is 10.9. The SMILES string of the molecule is CC(C)c1c([C@@H]2CC[C@@](C)(C(=O)O)OC2)c2cc3[nH]ncc3cc2n1-c1ccc(F)cc1. The van der Waals surface area contributed by atoms with Crippen LogP contribution in [0.25, 0.3) is 27.5 Å².